The van der Waals surface area contributed by atoms with Crippen LogP contribution in [0.1, 0.15) is 84.0 Å². The highest BCUT2D eigenvalue weighted by Crippen LogP contribution is 2.06. The van der Waals surface area contributed by atoms with Gasteiger partial charge in [-0.2, -0.15) is 0 Å². The number of rotatable bonds is 19. The lowest BCUT2D eigenvalue weighted by Gasteiger charge is -2.05. The molecule has 7 heteroatoms. The van der Waals surface area contributed by atoms with Crippen molar-refractivity contribution in [3.63, 3.8) is 0 Å². The highest BCUT2D eigenvalue weighted by Gasteiger charge is 2.13. The van der Waals surface area contributed by atoms with E-state index in [1.54, 1.807) is 0 Å². The molecule has 0 unspecified atom stereocenters. The maximum Gasteiger partial charge on any atom is 0.234 e. The van der Waals surface area contributed by atoms with Crippen molar-refractivity contribution in [3.05, 3.63) is 36.5 Å². The first-order valence-electron chi connectivity index (χ1n) is 11.3. The van der Waals surface area contributed by atoms with Gasteiger partial charge in [0.1, 0.15) is 0 Å². The van der Waals surface area contributed by atoms with Crippen molar-refractivity contribution in [2.45, 2.75) is 90.1 Å². The molecule has 1 amide bonds. The molecule has 0 saturated heterocycles. The number of aliphatic hydroxyl groups is 1. The van der Waals surface area contributed by atoms with Gasteiger partial charge >= 0.3 is 0 Å². The van der Waals surface area contributed by atoms with Gasteiger partial charge in [0.05, 0.1) is 11.9 Å². The number of nitrogens with one attached hydrogen (secondary N) is 1. The number of hydrogen-bond donors (Lipinski definition) is 3. The van der Waals surface area contributed by atoms with Gasteiger partial charge in [-0.25, -0.2) is 8.42 Å². The van der Waals surface area contributed by atoms with Gasteiger partial charge in [-0.1, -0.05) is 56.2 Å². The van der Waals surface area contributed by atoms with E-state index in [4.69, 9.17) is 5.73 Å². The summed E-state index contributed by atoms with van der Waals surface area (Å²) in [5.41, 5.74) is 5.28. The van der Waals surface area contributed by atoms with Crippen LogP contribution < -0.4 is 10.5 Å². The first-order chi connectivity index (χ1) is 14.4. The number of hydrogen-bond acceptors (Lipinski definition) is 5. The van der Waals surface area contributed by atoms with Crippen molar-refractivity contribution < 1.29 is 18.3 Å². The number of carbonyl (C=O) groups excluding carboxylic acids is 1. The summed E-state index contributed by atoms with van der Waals surface area (Å²) in [6, 6.07) is 0. The fraction of sp³-hybridized carbons (Fsp3) is 0.696. The number of sulfonamides is 1. The number of amides is 1. The predicted molar refractivity (Wildman–Crippen MR) is 125 cm³/mol. The molecule has 0 fully saturated rings. The fourth-order valence-corrected chi connectivity index (χ4v) is 3.82. The highest BCUT2D eigenvalue weighted by molar-refractivity contribution is 7.90. The SMILES string of the molecule is CCCCC/C=C\C[C@@H](O)CC/C=C\C/C=C\CCCC(=O)NS(=O)(=O)CCCN. The van der Waals surface area contributed by atoms with E-state index in [2.05, 4.69) is 35.9 Å². The molecule has 0 radical (unpaired) electrons. The van der Waals surface area contributed by atoms with Crippen molar-refractivity contribution >= 4 is 15.9 Å². The normalized spacial score (nSPS) is 13.6. The van der Waals surface area contributed by atoms with Gasteiger partial charge in [-0.05, 0) is 64.3 Å². The third-order valence-corrected chi connectivity index (χ3v) is 5.85. The zero-order chi connectivity index (χ0) is 22.5. The molecule has 174 valence electrons. The molecular weight excluding hydrogens is 400 g/mol. The van der Waals surface area contributed by atoms with Crippen LogP contribution in [0.15, 0.2) is 36.5 Å². The molecular formula is C23H42N2O4S. The van der Waals surface area contributed by atoms with E-state index in [9.17, 15) is 18.3 Å². The summed E-state index contributed by atoms with van der Waals surface area (Å²) in [5.74, 6) is -0.580. The maximum atomic E-state index is 11.6. The molecule has 6 nitrogen and oxygen atoms in total. The van der Waals surface area contributed by atoms with Crippen molar-refractivity contribution in [3.8, 4) is 0 Å². The lowest BCUT2D eigenvalue weighted by atomic mass is 10.1. The second kappa shape index (κ2) is 19.5. The van der Waals surface area contributed by atoms with Crippen LogP contribution in [0, 0.1) is 0 Å². The van der Waals surface area contributed by atoms with E-state index in [1.807, 2.05) is 12.2 Å². The monoisotopic (exact) mass is 442 g/mol. The molecule has 0 bridgehead atoms. The van der Waals surface area contributed by atoms with Crippen LogP contribution in [0.25, 0.3) is 0 Å². The summed E-state index contributed by atoms with van der Waals surface area (Å²) in [4.78, 5) is 11.6. The number of carbonyl (C=O) groups is 1. The Kier molecular flexibility index (Phi) is 18.6. The van der Waals surface area contributed by atoms with Crippen LogP contribution in [0.2, 0.25) is 0 Å². The second-order valence-corrected chi connectivity index (χ2v) is 9.33. The zero-order valence-corrected chi connectivity index (χ0v) is 19.4. The quantitative estimate of drug-likeness (QED) is 0.206. The molecule has 0 aliphatic rings. The molecule has 0 spiro atoms. The summed E-state index contributed by atoms with van der Waals surface area (Å²) in [5, 5.41) is 9.93. The maximum absolute atomic E-state index is 11.6. The number of unbranched alkanes of at least 4 members (excludes halogenated alkanes) is 4. The van der Waals surface area contributed by atoms with Gasteiger partial charge in [0, 0.05) is 6.42 Å². The van der Waals surface area contributed by atoms with Crippen LogP contribution in [-0.2, 0) is 14.8 Å². The fourth-order valence-electron chi connectivity index (χ4n) is 2.73. The summed E-state index contributed by atoms with van der Waals surface area (Å²) < 4.78 is 25.2. The third kappa shape index (κ3) is 19.9. The minimum absolute atomic E-state index is 0.117. The third-order valence-electron chi connectivity index (χ3n) is 4.48. The highest BCUT2D eigenvalue weighted by atomic mass is 32.2. The lowest BCUT2D eigenvalue weighted by molar-refractivity contribution is -0.119. The lowest BCUT2D eigenvalue weighted by Crippen LogP contribution is -2.32. The van der Waals surface area contributed by atoms with Crippen LogP contribution in [0.5, 0.6) is 0 Å². The molecule has 0 aromatic heterocycles. The predicted octanol–water partition coefficient (Wildman–Crippen LogP) is 4.12. The Hall–Kier alpha value is -1.44. The number of aliphatic hydroxyl groups excluding tert-OH is 1. The van der Waals surface area contributed by atoms with Crippen LogP contribution in [0.4, 0.5) is 0 Å². The van der Waals surface area contributed by atoms with Gasteiger partial charge in [-0.3, -0.25) is 9.52 Å². The average molecular weight is 443 g/mol. The Balaban J connectivity index is 3.69. The topological polar surface area (TPSA) is 109 Å². The Bertz CT molecular complexity index is 613. The van der Waals surface area contributed by atoms with Gasteiger partial charge in [0.2, 0.25) is 15.9 Å². The van der Waals surface area contributed by atoms with E-state index in [0.717, 1.165) is 38.5 Å². The Morgan fingerprint density at radius 3 is 2.33 bits per heavy atom. The minimum Gasteiger partial charge on any atom is -0.393 e. The number of allylic oxidation sites excluding steroid dienone is 5. The summed E-state index contributed by atoms with van der Waals surface area (Å²) >= 11 is 0. The standard InChI is InChI=1S/C23H42N2O4S/c1-2-3-4-5-10-13-17-22(26)18-14-11-8-6-7-9-12-15-19-23(27)25-30(28,29)21-16-20-24/h7-11,13,22,26H,2-6,12,14-21,24H2,1H3,(H,25,27)/b9-7-,11-8-,13-10-/t22-/m1/s1. The van der Waals surface area contributed by atoms with Crippen LogP contribution in [0.3, 0.4) is 0 Å². The van der Waals surface area contributed by atoms with Gasteiger partial charge < -0.3 is 10.8 Å². The van der Waals surface area contributed by atoms with Crippen molar-refractivity contribution in [2.24, 2.45) is 5.73 Å². The Morgan fingerprint density at radius 2 is 1.63 bits per heavy atom. The molecule has 0 aromatic carbocycles. The molecule has 0 aliphatic heterocycles. The molecule has 0 aliphatic carbocycles. The van der Waals surface area contributed by atoms with Gasteiger partial charge in [0.15, 0.2) is 0 Å². The van der Waals surface area contributed by atoms with E-state index in [1.165, 1.54) is 19.3 Å². The molecule has 0 heterocycles. The van der Waals surface area contributed by atoms with Gasteiger partial charge in [-0.15, -0.1) is 0 Å². The van der Waals surface area contributed by atoms with Crippen molar-refractivity contribution in [1.82, 2.24) is 4.72 Å². The second-order valence-electron chi connectivity index (χ2n) is 7.49. The molecule has 4 N–H and O–H groups in total. The van der Waals surface area contributed by atoms with Crippen molar-refractivity contribution in [1.29, 1.82) is 0 Å². The molecule has 0 rings (SSSR count). The summed E-state index contributed by atoms with van der Waals surface area (Å²) in [7, 11) is -3.55. The largest absolute Gasteiger partial charge is 0.393 e. The molecule has 0 saturated carbocycles. The van der Waals surface area contributed by atoms with Gasteiger partial charge in [0.25, 0.3) is 0 Å². The Labute approximate surface area is 183 Å². The molecule has 0 aromatic rings. The average Bonchev–Trinajstić information content (AvgIpc) is 2.70. The number of nitrogens with two attached hydrogens (primary N) is 1. The first-order valence-corrected chi connectivity index (χ1v) is 12.9. The summed E-state index contributed by atoms with van der Waals surface area (Å²) in [6.45, 7) is 2.48. The minimum atomic E-state index is -3.55. The van der Waals surface area contributed by atoms with E-state index in [-0.39, 0.29) is 24.8 Å². The van der Waals surface area contributed by atoms with Crippen molar-refractivity contribution in [2.75, 3.05) is 12.3 Å². The zero-order valence-electron chi connectivity index (χ0n) is 18.6. The smallest absolute Gasteiger partial charge is 0.234 e. The van der Waals surface area contributed by atoms with Crippen LogP contribution in [-0.4, -0.2) is 37.8 Å². The Morgan fingerprint density at radius 1 is 0.967 bits per heavy atom. The van der Waals surface area contributed by atoms with E-state index < -0.39 is 15.9 Å². The first kappa shape index (κ1) is 28.6. The summed E-state index contributed by atoms with van der Waals surface area (Å²) in [6.07, 6.45) is 22.0. The molecule has 1 atom stereocenters. The van der Waals surface area contributed by atoms with Crippen LogP contribution >= 0.6 is 0 Å². The van der Waals surface area contributed by atoms with E-state index in [0.29, 0.717) is 12.8 Å². The molecule has 30 heavy (non-hydrogen) atoms. The van der Waals surface area contributed by atoms with E-state index >= 15 is 0 Å².